The monoisotopic (exact) mass is 501 g/mol. The number of methoxy groups -OCH3 is 1. The molecule has 0 aromatic carbocycles. The minimum atomic E-state index is -0.482. The topological polar surface area (TPSA) is 122 Å². The number of aryl methyl sites for hydroxylation is 1. The van der Waals surface area contributed by atoms with Crippen molar-refractivity contribution in [3.8, 4) is 6.07 Å². The van der Waals surface area contributed by atoms with Crippen LogP contribution in [0.4, 0.5) is 5.13 Å². The van der Waals surface area contributed by atoms with Crippen molar-refractivity contribution >= 4 is 51.3 Å². The molecule has 172 valence electrons. The van der Waals surface area contributed by atoms with Crippen molar-refractivity contribution in [2.24, 2.45) is 11.1 Å². The molecular weight excluding hydrogens is 478 g/mol. The van der Waals surface area contributed by atoms with E-state index in [1.165, 1.54) is 30.2 Å². The van der Waals surface area contributed by atoms with Crippen molar-refractivity contribution in [2.75, 3.05) is 17.8 Å². The van der Waals surface area contributed by atoms with Gasteiger partial charge in [0.2, 0.25) is 5.13 Å². The van der Waals surface area contributed by atoms with Gasteiger partial charge in [0.25, 0.3) is 0 Å². The first-order chi connectivity index (χ1) is 15.6. The summed E-state index contributed by atoms with van der Waals surface area (Å²) >= 11 is 4.04. The molecule has 2 aliphatic rings. The minimum Gasteiger partial charge on any atom is -0.468 e. The molecule has 2 aromatic heterocycles. The summed E-state index contributed by atoms with van der Waals surface area (Å²) in [6, 6.07) is 6.22. The second kappa shape index (κ2) is 8.93. The molecule has 4 rings (SSSR count). The van der Waals surface area contributed by atoms with Crippen LogP contribution in [-0.2, 0) is 14.3 Å². The van der Waals surface area contributed by atoms with Crippen LogP contribution in [0.2, 0.25) is 0 Å². The van der Waals surface area contributed by atoms with Gasteiger partial charge in [-0.05, 0) is 30.9 Å². The third kappa shape index (κ3) is 4.43. The van der Waals surface area contributed by atoms with E-state index in [2.05, 4.69) is 34.9 Å². The Morgan fingerprint density at radius 1 is 1.36 bits per heavy atom. The molecule has 11 heteroatoms. The average Bonchev–Trinajstić information content (AvgIpc) is 3.39. The smallest absolute Gasteiger partial charge is 0.316 e. The minimum absolute atomic E-state index is 0.0207. The number of ketones is 1. The number of esters is 1. The molecule has 2 aromatic rings. The molecule has 1 atom stereocenters. The molecule has 0 saturated carbocycles. The number of thiophene rings is 1. The fourth-order valence-electron chi connectivity index (χ4n) is 4.15. The predicted octanol–water partition coefficient (Wildman–Crippen LogP) is 4.11. The molecule has 0 amide bonds. The molecule has 0 radical (unpaired) electrons. The fraction of sp³-hybridized carbons (Fsp3) is 0.409. The van der Waals surface area contributed by atoms with Gasteiger partial charge in [0.1, 0.15) is 5.82 Å². The number of allylic oxidation sites excluding steroid dienone is 3. The number of nitriles is 1. The zero-order valence-electron chi connectivity index (χ0n) is 18.7. The number of aromatic nitrogens is 2. The van der Waals surface area contributed by atoms with Crippen LogP contribution in [0.25, 0.3) is 0 Å². The SMILES string of the molecule is COC(=O)CSc1nnc(N2C(N)=C(C#N)C(c3ccc(C)s3)C3=C2CC(C)(C)CC3=O)s1. The van der Waals surface area contributed by atoms with Gasteiger partial charge in [-0.25, -0.2) is 0 Å². The van der Waals surface area contributed by atoms with Gasteiger partial charge in [-0.2, -0.15) is 5.26 Å². The zero-order chi connectivity index (χ0) is 23.9. The Kier molecular flexibility index (Phi) is 6.35. The van der Waals surface area contributed by atoms with E-state index in [0.29, 0.717) is 33.5 Å². The number of anilines is 1. The van der Waals surface area contributed by atoms with E-state index in [9.17, 15) is 14.9 Å². The first-order valence-corrected chi connectivity index (χ1v) is 12.8. The van der Waals surface area contributed by atoms with Gasteiger partial charge in [-0.3, -0.25) is 14.5 Å². The summed E-state index contributed by atoms with van der Waals surface area (Å²) in [7, 11) is 1.33. The Labute approximate surface area is 204 Å². The quantitative estimate of drug-likeness (QED) is 0.476. The number of hydrogen-bond acceptors (Lipinski definition) is 11. The summed E-state index contributed by atoms with van der Waals surface area (Å²) in [6.45, 7) is 6.10. The summed E-state index contributed by atoms with van der Waals surface area (Å²) in [5, 5.41) is 19.0. The number of rotatable bonds is 5. The number of Topliss-reactive ketones (excluding diaryl/α,β-unsaturated/α-hetero) is 1. The summed E-state index contributed by atoms with van der Waals surface area (Å²) in [5.74, 6) is -0.450. The lowest BCUT2D eigenvalue weighted by atomic mass is 9.70. The van der Waals surface area contributed by atoms with Crippen molar-refractivity contribution in [3.63, 3.8) is 0 Å². The van der Waals surface area contributed by atoms with Crippen LogP contribution in [0.3, 0.4) is 0 Å². The van der Waals surface area contributed by atoms with Gasteiger partial charge in [-0.1, -0.05) is 36.9 Å². The molecule has 1 aliphatic heterocycles. The summed E-state index contributed by atoms with van der Waals surface area (Å²) in [5.41, 5.74) is 8.05. The van der Waals surface area contributed by atoms with Gasteiger partial charge in [0.05, 0.1) is 30.4 Å². The van der Waals surface area contributed by atoms with Gasteiger partial charge in [0, 0.05) is 27.4 Å². The van der Waals surface area contributed by atoms with Crippen molar-refractivity contribution in [1.29, 1.82) is 5.26 Å². The number of carbonyl (C=O) groups is 2. The highest BCUT2D eigenvalue weighted by Gasteiger charge is 2.45. The standard InChI is InChI=1S/C22H23N5O3S3/c1-11-5-6-15(32-11)17-12(9-23)19(24)27(13-7-22(2,3)8-14(28)18(13)17)20-25-26-21(33-20)31-10-16(29)30-4/h5-6,17H,7-8,10,24H2,1-4H3. The summed E-state index contributed by atoms with van der Waals surface area (Å²) < 4.78 is 5.25. The molecule has 8 nitrogen and oxygen atoms in total. The van der Waals surface area contributed by atoms with E-state index in [1.54, 1.807) is 16.2 Å². The van der Waals surface area contributed by atoms with Crippen molar-refractivity contribution in [2.45, 2.75) is 43.9 Å². The molecule has 1 aliphatic carbocycles. The molecule has 0 spiro atoms. The molecule has 2 N–H and O–H groups in total. The van der Waals surface area contributed by atoms with Crippen molar-refractivity contribution in [1.82, 2.24) is 10.2 Å². The van der Waals surface area contributed by atoms with Gasteiger partial charge in [-0.15, -0.1) is 21.5 Å². The van der Waals surface area contributed by atoms with Crippen LogP contribution in [0.5, 0.6) is 0 Å². The van der Waals surface area contributed by atoms with Crippen LogP contribution >= 0.6 is 34.4 Å². The Balaban J connectivity index is 1.84. The van der Waals surface area contributed by atoms with E-state index >= 15 is 0 Å². The highest BCUT2D eigenvalue weighted by Crippen LogP contribution is 2.51. The summed E-state index contributed by atoms with van der Waals surface area (Å²) in [4.78, 5) is 28.7. The number of thioether (sulfide) groups is 1. The number of carbonyl (C=O) groups excluding carboxylic acids is 2. The normalized spacial score (nSPS) is 20.0. The number of ether oxygens (including phenoxy) is 1. The number of nitrogens with two attached hydrogens (primary N) is 1. The maximum absolute atomic E-state index is 13.5. The van der Waals surface area contributed by atoms with E-state index < -0.39 is 5.92 Å². The molecule has 0 fully saturated rings. The van der Waals surface area contributed by atoms with Gasteiger partial charge in [0.15, 0.2) is 10.1 Å². The first-order valence-electron chi connectivity index (χ1n) is 10.2. The zero-order valence-corrected chi connectivity index (χ0v) is 21.1. The largest absolute Gasteiger partial charge is 0.468 e. The molecule has 0 bridgehead atoms. The highest BCUT2D eigenvalue weighted by molar-refractivity contribution is 8.01. The van der Waals surface area contributed by atoms with E-state index in [4.69, 9.17) is 5.73 Å². The van der Waals surface area contributed by atoms with Crippen molar-refractivity contribution < 1.29 is 14.3 Å². The third-order valence-corrected chi connectivity index (χ3v) is 8.64. The lowest BCUT2D eigenvalue weighted by molar-refractivity contribution is -0.137. The fourth-order valence-corrected chi connectivity index (χ4v) is 6.86. The molecule has 1 unspecified atom stereocenters. The van der Waals surface area contributed by atoms with Gasteiger partial charge < -0.3 is 10.5 Å². The van der Waals surface area contributed by atoms with Crippen LogP contribution in [0.1, 0.15) is 42.4 Å². The van der Waals surface area contributed by atoms with Gasteiger partial charge >= 0.3 is 5.97 Å². The van der Waals surface area contributed by atoms with E-state index in [1.807, 2.05) is 19.1 Å². The molecular formula is C22H23N5O3S3. The van der Waals surface area contributed by atoms with Crippen LogP contribution < -0.4 is 10.6 Å². The Hall–Kier alpha value is -2.68. The van der Waals surface area contributed by atoms with E-state index in [0.717, 1.165) is 15.5 Å². The van der Waals surface area contributed by atoms with Crippen LogP contribution in [-0.4, -0.2) is 34.8 Å². The Bertz CT molecular complexity index is 1230. The third-order valence-electron chi connectivity index (χ3n) is 5.55. The molecule has 33 heavy (non-hydrogen) atoms. The maximum Gasteiger partial charge on any atom is 0.316 e. The second-order valence-electron chi connectivity index (χ2n) is 8.64. The average molecular weight is 502 g/mol. The summed E-state index contributed by atoms with van der Waals surface area (Å²) in [6.07, 6.45) is 1.01. The number of nitrogens with zero attached hydrogens (tertiary/aromatic N) is 4. The lowest BCUT2D eigenvalue weighted by Gasteiger charge is -2.42. The Morgan fingerprint density at radius 2 is 2.12 bits per heavy atom. The predicted molar refractivity (Wildman–Crippen MR) is 129 cm³/mol. The molecule has 3 heterocycles. The van der Waals surface area contributed by atoms with Crippen molar-refractivity contribution in [3.05, 3.63) is 44.6 Å². The first kappa shape index (κ1) is 23.5. The lowest BCUT2D eigenvalue weighted by Crippen LogP contribution is -2.42. The second-order valence-corrected chi connectivity index (χ2v) is 12.1. The number of hydrogen-bond donors (Lipinski definition) is 1. The van der Waals surface area contributed by atoms with E-state index in [-0.39, 0.29) is 28.7 Å². The van der Waals surface area contributed by atoms with Crippen LogP contribution in [0.15, 0.2) is 39.1 Å². The maximum atomic E-state index is 13.5. The Morgan fingerprint density at radius 3 is 2.76 bits per heavy atom. The molecule has 0 saturated heterocycles. The highest BCUT2D eigenvalue weighted by atomic mass is 32.2. The van der Waals surface area contributed by atoms with Crippen LogP contribution in [0, 0.1) is 23.7 Å².